The molecule has 1 aromatic heterocycles. The van der Waals surface area contributed by atoms with E-state index in [2.05, 4.69) is 26.9 Å². The zero-order valence-electron chi connectivity index (χ0n) is 10.9. The first-order valence-corrected chi connectivity index (χ1v) is 7.51. The fourth-order valence-electron chi connectivity index (χ4n) is 1.90. The van der Waals surface area contributed by atoms with Crippen molar-refractivity contribution in [3.63, 3.8) is 0 Å². The average Bonchev–Trinajstić information content (AvgIpc) is 2.71. The molecule has 2 N–H and O–H groups in total. The van der Waals surface area contributed by atoms with Crippen LogP contribution in [0.3, 0.4) is 0 Å². The van der Waals surface area contributed by atoms with Crippen molar-refractivity contribution in [1.29, 1.82) is 0 Å². The SMILES string of the molecule is Cc1cc(O)c(CN(C)Cc2ccc(Br)s2)cc1O. The van der Waals surface area contributed by atoms with Crippen molar-refractivity contribution in [2.45, 2.75) is 20.0 Å². The molecule has 0 saturated carbocycles. The maximum Gasteiger partial charge on any atom is 0.120 e. The summed E-state index contributed by atoms with van der Waals surface area (Å²) in [6, 6.07) is 7.34. The molecule has 0 spiro atoms. The number of rotatable bonds is 4. The first kappa shape index (κ1) is 14.4. The number of aromatic hydroxyl groups is 2. The zero-order chi connectivity index (χ0) is 14.0. The molecule has 0 unspecified atom stereocenters. The smallest absolute Gasteiger partial charge is 0.120 e. The summed E-state index contributed by atoms with van der Waals surface area (Å²) in [4.78, 5) is 3.35. The van der Waals surface area contributed by atoms with Crippen LogP contribution >= 0.6 is 27.3 Å². The number of aryl methyl sites for hydroxylation is 1. The van der Waals surface area contributed by atoms with Gasteiger partial charge in [0, 0.05) is 23.5 Å². The van der Waals surface area contributed by atoms with Gasteiger partial charge >= 0.3 is 0 Å². The van der Waals surface area contributed by atoms with Gasteiger partial charge in [0.1, 0.15) is 11.5 Å². The van der Waals surface area contributed by atoms with Crippen molar-refractivity contribution in [1.82, 2.24) is 4.90 Å². The third-order valence-corrected chi connectivity index (χ3v) is 4.50. The van der Waals surface area contributed by atoms with Crippen LogP contribution in [0.25, 0.3) is 0 Å². The van der Waals surface area contributed by atoms with Crippen LogP contribution in [0.15, 0.2) is 28.1 Å². The van der Waals surface area contributed by atoms with E-state index in [0.717, 1.165) is 15.9 Å². The van der Waals surface area contributed by atoms with Gasteiger partial charge in [-0.25, -0.2) is 0 Å². The summed E-state index contributed by atoms with van der Waals surface area (Å²) < 4.78 is 1.12. The lowest BCUT2D eigenvalue weighted by molar-refractivity contribution is 0.314. The van der Waals surface area contributed by atoms with Crippen molar-refractivity contribution in [3.05, 3.63) is 44.1 Å². The Hall–Kier alpha value is -1.04. The minimum absolute atomic E-state index is 0.222. The Bertz CT molecular complexity index is 583. The first-order chi connectivity index (χ1) is 8.95. The number of phenolic OH excluding ortho intramolecular Hbond substituents is 2. The largest absolute Gasteiger partial charge is 0.508 e. The molecule has 1 aromatic carbocycles. The van der Waals surface area contributed by atoms with Gasteiger partial charge in [-0.05, 0) is 59.7 Å². The predicted molar refractivity (Wildman–Crippen MR) is 81.7 cm³/mol. The van der Waals surface area contributed by atoms with Gasteiger partial charge in [0.25, 0.3) is 0 Å². The van der Waals surface area contributed by atoms with Crippen molar-refractivity contribution in [2.24, 2.45) is 0 Å². The van der Waals surface area contributed by atoms with E-state index < -0.39 is 0 Å². The van der Waals surface area contributed by atoms with E-state index in [0.29, 0.717) is 12.1 Å². The van der Waals surface area contributed by atoms with Crippen LogP contribution in [0.5, 0.6) is 11.5 Å². The number of nitrogens with zero attached hydrogens (tertiary/aromatic N) is 1. The molecule has 0 fully saturated rings. The summed E-state index contributed by atoms with van der Waals surface area (Å²) in [5.74, 6) is 0.453. The fourth-order valence-corrected chi connectivity index (χ4v) is 3.46. The van der Waals surface area contributed by atoms with Crippen molar-refractivity contribution in [3.8, 4) is 11.5 Å². The summed E-state index contributed by atoms with van der Waals surface area (Å²) in [5, 5.41) is 19.6. The van der Waals surface area contributed by atoms with Crippen molar-refractivity contribution >= 4 is 27.3 Å². The molecule has 0 bridgehead atoms. The molecule has 0 radical (unpaired) electrons. The Kier molecular flexibility index (Phi) is 4.50. The first-order valence-electron chi connectivity index (χ1n) is 5.90. The van der Waals surface area contributed by atoms with E-state index in [-0.39, 0.29) is 11.5 Å². The summed E-state index contributed by atoms with van der Waals surface area (Å²) >= 11 is 5.14. The fraction of sp³-hybridized carbons (Fsp3) is 0.286. The molecular weight excluding hydrogens is 326 g/mol. The van der Waals surface area contributed by atoms with E-state index in [1.54, 1.807) is 30.4 Å². The molecular formula is C14H16BrNO2S. The van der Waals surface area contributed by atoms with Gasteiger partial charge in [-0.1, -0.05) is 0 Å². The number of phenols is 2. The van der Waals surface area contributed by atoms with E-state index in [1.165, 1.54) is 4.88 Å². The molecule has 0 aliphatic carbocycles. The maximum absolute atomic E-state index is 9.89. The maximum atomic E-state index is 9.89. The molecule has 0 aliphatic rings. The molecule has 0 atom stereocenters. The van der Waals surface area contributed by atoms with Gasteiger partial charge in [-0.3, -0.25) is 4.90 Å². The van der Waals surface area contributed by atoms with Crippen molar-refractivity contribution < 1.29 is 10.2 Å². The highest BCUT2D eigenvalue weighted by Crippen LogP contribution is 2.28. The molecule has 2 aromatic rings. The lowest BCUT2D eigenvalue weighted by Gasteiger charge is -2.17. The topological polar surface area (TPSA) is 43.7 Å². The molecule has 0 amide bonds. The molecule has 0 saturated heterocycles. The quantitative estimate of drug-likeness (QED) is 0.830. The van der Waals surface area contributed by atoms with E-state index in [9.17, 15) is 10.2 Å². The highest BCUT2D eigenvalue weighted by molar-refractivity contribution is 9.11. The second-order valence-corrected chi connectivity index (χ2v) is 7.19. The van der Waals surface area contributed by atoms with Crippen LogP contribution in [0.1, 0.15) is 16.0 Å². The third kappa shape index (κ3) is 3.72. The summed E-state index contributed by atoms with van der Waals surface area (Å²) in [6.07, 6.45) is 0. The van der Waals surface area contributed by atoms with Gasteiger partial charge in [0.2, 0.25) is 0 Å². The number of hydrogen-bond acceptors (Lipinski definition) is 4. The molecule has 19 heavy (non-hydrogen) atoms. The molecule has 3 nitrogen and oxygen atoms in total. The number of benzene rings is 1. The van der Waals surface area contributed by atoms with Gasteiger partial charge in [-0.2, -0.15) is 0 Å². The molecule has 2 rings (SSSR count). The second-order valence-electron chi connectivity index (χ2n) is 4.65. The number of thiophene rings is 1. The zero-order valence-corrected chi connectivity index (χ0v) is 13.3. The van der Waals surface area contributed by atoms with E-state index in [1.807, 2.05) is 13.1 Å². The normalized spacial score (nSPS) is 11.2. The molecule has 1 heterocycles. The Morgan fingerprint density at radius 3 is 2.53 bits per heavy atom. The summed E-state index contributed by atoms with van der Waals surface area (Å²) in [7, 11) is 1.99. The van der Waals surface area contributed by atoms with Crippen LogP contribution in [0, 0.1) is 6.92 Å². The Balaban J connectivity index is 2.06. The van der Waals surface area contributed by atoms with Gasteiger partial charge in [0.05, 0.1) is 3.79 Å². The highest BCUT2D eigenvalue weighted by atomic mass is 79.9. The predicted octanol–water partition coefficient (Wildman–Crippen LogP) is 3.86. The van der Waals surface area contributed by atoms with Gasteiger partial charge in [-0.15, -0.1) is 11.3 Å². The number of halogens is 1. The van der Waals surface area contributed by atoms with Crippen LogP contribution < -0.4 is 0 Å². The third-order valence-electron chi connectivity index (χ3n) is 2.89. The summed E-state index contributed by atoms with van der Waals surface area (Å²) in [5.41, 5.74) is 1.42. The van der Waals surface area contributed by atoms with Crippen LogP contribution in [-0.2, 0) is 13.1 Å². The molecule has 102 valence electrons. The van der Waals surface area contributed by atoms with Crippen LogP contribution in [0.4, 0.5) is 0 Å². The Labute approximate surface area is 125 Å². The molecule has 0 aliphatic heterocycles. The van der Waals surface area contributed by atoms with Crippen LogP contribution in [0.2, 0.25) is 0 Å². The average molecular weight is 342 g/mol. The monoisotopic (exact) mass is 341 g/mol. The minimum Gasteiger partial charge on any atom is -0.508 e. The van der Waals surface area contributed by atoms with Crippen molar-refractivity contribution in [2.75, 3.05) is 7.05 Å². The minimum atomic E-state index is 0.222. The van der Waals surface area contributed by atoms with Gasteiger partial charge < -0.3 is 10.2 Å². The second kappa shape index (κ2) is 5.94. The van der Waals surface area contributed by atoms with E-state index in [4.69, 9.17) is 0 Å². The number of hydrogen-bond donors (Lipinski definition) is 2. The highest BCUT2D eigenvalue weighted by Gasteiger charge is 2.09. The molecule has 5 heteroatoms. The lowest BCUT2D eigenvalue weighted by atomic mass is 10.1. The van der Waals surface area contributed by atoms with Crippen LogP contribution in [-0.4, -0.2) is 22.2 Å². The summed E-state index contributed by atoms with van der Waals surface area (Å²) in [6.45, 7) is 3.17. The van der Waals surface area contributed by atoms with E-state index >= 15 is 0 Å². The van der Waals surface area contributed by atoms with Gasteiger partial charge in [0.15, 0.2) is 0 Å². The Morgan fingerprint density at radius 1 is 1.16 bits per heavy atom. The lowest BCUT2D eigenvalue weighted by Crippen LogP contribution is -2.16. The Morgan fingerprint density at radius 2 is 1.89 bits per heavy atom. The standard InChI is InChI=1S/C14H16BrNO2S/c1-9-5-13(18)10(6-12(9)17)7-16(2)8-11-3-4-14(15)19-11/h3-6,17-18H,7-8H2,1-2H3.